The molecular weight excluding hydrogens is 124 g/mol. The van der Waals surface area contributed by atoms with Gasteiger partial charge in [0.15, 0.2) is 0 Å². The molecule has 0 spiro atoms. The summed E-state index contributed by atoms with van der Waals surface area (Å²) in [6.45, 7) is 6.57. The van der Waals surface area contributed by atoms with Crippen LogP contribution in [-0.2, 0) is 0 Å². The van der Waals surface area contributed by atoms with Gasteiger partial charge in [-0.1, -0.05) is 0 Å². The number of nitrogens with two attached hydrogens (primary N) is 1. The summed E-state index contributed by atoms with van der Waals surface area (Å²) >= 11 is 0. The summed E-state index contributed by atoms with van der Waals surface area (Å²) in [6.07, 6.45) is 2.63. The second kappa shape index (κ2) is 3.35. The zero-order valence-corrected chi connectivity index (χ0v) is 7.01. The maximum absolute atomic E-state index is 5.62. The Morgan fingerprint density at radius 3 is 2.70 bits per heavy atom. The van der Waals surface area contributed by atoms with Crippen LogP contribution in [0, 0.1) is 0 Å². The summed E-state index contributed by atoms with van der Waals surface area (Å²) < 4.78 is 0. The average Bonchev–Trinajstić information content (AvgIpc) is 2.33. The van der Waals surface area contributed by atoms with Crippen LogP contribution in [-0.4, -0.2) is 30.1 Å². The molecule has 2 heteroatoms. The van der Waals surface area contributed by atoms with Crippen molar-refractivity contribution in [1.29, 1.82) is 0 Å². The summed E-state index contributed by atoms with van der Waals surface area (Å²) in [4.78, 5) is 2.50. The van der Waals surface area contributed by atoms with Crippen LogP contribution in [0.25, 0.3) is 0 Å². The van der Waals surface area contributed by atoms with E-state index in [1.807, 2.05) is 0 Å². The van der Waals surface area contributed by atoms with E-state index in [9.17, 15) is 0 Å². The minimum Gasteiger partial charge on any atom is -0.329 e. The van der Waals surface area contributed by atoms with E-state index in [0.717, 1.165) is 6.54 Å². The molecule has 2 N–H and O–H groups in total. The summed E-state index contributed by atoms with van der Waals surface area (Å²) in [7, 11) is 0. The van der Waals surface area contributed by atoms with Gasteiger partial charge in [0, 0.05) is 18.6 Å². The lowest BCUT2D eigenvalue weighted by Gasteiger charge is -2.26. The Labute approximate surface area is 63.4 Å². The Bertz CT molecular complexity index is 101. The van der Waals surface area contributed by atoms with Gasteiger partial charge in [-0.2, -0.15) is 0 Å². The molecule has 0 bridgehead atoms. The Hall–Kier alpha value is -0.0800. The Morgan fingerprint density at radius 2 is 2.30 bits per heavy atom. The van der Waals surface area contributed by atoms with E-state index in [0.29, 0.717) is 12.1 Å². The van der Waals surface area contributed by atoms with Gasteiger partial charge in [0.25, 0.3) is 0 Å². The van der Waals surface area contributed by atoms with Gasteiger partial charge >= 0.3 is 0 Å². The lowest BCUT2D eigenvalue weighted by molar-refractivity contribution is 0.208. The van der Waals surface area contributed by atoms with Crippen molar-refractivity contribution in [3.05, 3.63) is 0 Å². The summed E-state index contributed by atoms with van der Waals surface area (Å²) in [5.74, 6) is 0. The summed E-state index contributed by atoms with van der Waals surface area (Å²) in [5, 5.41) is 0. The minimum absolute atomic E-state index is 0.667. The second-order valence-electron chi connectivity index (χ2n) is 3.36. The molecule has 0 aromatic heterocycles. The average molecular weight is 142 g/mol. The maximum atomic E-state index is 5.62. The standard InChI is InChI=1S/C8H18N2/c1-7(2)10-5-3-4-8(10)6-9/h7-8H,3-6,9H2,1-2H3. The van der Waals surface area contributed by atoms with Crippen molar-refractivity contribution in [2.24, 2.45) is 5.73 Å². The fourth-order valence-corrected chi connectivity index (χ4v) is 1.79. The van der Waals surface area contributed by atoms with Crippen LogP contribution in [0.3, 0.4) is 0 Å². The molecule has 1 atom stereocenters. The lowest BCUT2D eigenvalue weighted by atomic mass is 10.2. The molecule has 0 saturated carbocycles. The molecule has 1 unspecified atom stereocenters. The number of rotatable bonds is 2. The van der Waals surface area contributed by atoms with Crippen molar-refractivity contribution in [3.63, 3.8) is 0 Å². The zero-order valence-electron chi connectivity index (χ0n) is 7.01. The molecule has 0 radical (unpaired) electrons. The van der Waals surface area contributed by atoms with Gasteiger partial charge in [0.1, 0.15) is 0 Å². The fraction of sp³-hybridized carbons (Fsp3) is 1.00. The molecule has 1 aliphatic rings. The molecule has 0 aromatic carbocycles. The zero-order chi connectivity index (χ0) is 7.56. The fourth-order valence-electron chi connectivity index (χ4n) is 1.79. The molecule has 60 valence electrons. The van der Waals surface area contributed by atoms with E-state index in [2.05, 4.69) is 18.7 Å². The van der Waals surface area contributed by atoms with Crippen LogP contribution in [0.5, 0.6) is 0 Å². The number of hydrogen-bond acceptors (Lipinski definition) is 2. The van der Waals surface area contributed by atoms with Crippen LogP contribution >= 0.6 is 0 Å². The first-order valence-corrected chi connectivity index (χ1v) is 4.21. The van der Waals surface area contributed by atoms with Gasteiger partial charge in [-0.15, -0.1) is 0 Å². The maximum Gasteiger partial charge on any atom is 0.0221 e. The number of nitrogens with zero attached hydrogens (tertiary/aromatic N) is 1. The van der Waals surface area contributed by atoms with Crippen LogP contribution in [0.1, 0.15) is 26.7 Å². The Kier molecular flexibility index (Phi) is 2.69. The van der Waals surface area contributed by atoms with E-state index in [1.54, 1.807) is 0 Å². The quantitative estimate of drug-likeness (QED) is 0.618. The highest BCUT2D eigenvalue weighted by Gasteiger charge is 2.24. The Morgan fingerprint density at radius 1 is 1.60 bits per heavy atom. The van der Waals surface area contributed by atoms with Gasteiger partial charge in [0.2, 0.25) is 0 Å². The van der Waals surface area contributed by atoms with Crippen molar-refractivity contribution >= 4 is 0 Å². The normalized spacial score (nSPS) is 28.2. The highest BCUT2D eigenvalue weighted by Crippen LogP contribution is 2.18. The highest BCUT2D eigenvalue weighted by molar-refractivity contribution is 4.81. The third-order valence-electron chi connectivity index (χ3n) is 2.36. The molecule has 1 aliphatic heterocycles. The summed E-state index contributed by atoms with van der Waals surface area (Å²) in [5.41, 5.74) is 5.62. The smallest absolute Gasteiger partial charge is 0.0221 e. The van der Waals surface area contributed by atoms with E-state index < -0.39 is 0 Å². The van der Waals surface area contributed by atoms with E-state index in [4.69, 9.17) is 5.73 Å². The first-order chi connectivity index (χ1) is 4.75. The van der Waals surface area contributed by atoms with Crippen LogP contribution < -0.4 is 5.73 Å². The Balaban J connectivity index is 2.42. The third-order valence-corrected chi connectivity index (χ3v) is 2.36. The van der Waals surface area contributed by atoms with E-state index in [-0.39, 0.29) is 0 Å². The monoisotopic (exact) mass is 142 g/mol. The van der Waals surface area contributed by atoms with Crippen molar-refractivity contribution in [1.82, 2.24) is 4.90 Å². The van der Waals surface area contributed by atoms with Gasteiger partial charge < -0.3 is 5.73 Å². The number of hydrogen-bond donors (Lipinski definition) is 1. The molecule has 1 fully saturated rings. The highest BCUT2D eigenvalue weighted by atomic mass is 15.2. The molecule has 0 aliphatic carbocycles. The molecule has 2 nitrogen and oxygen atoms in total. The first kappa shape index (κ1) is 8.02. The van der Waals surface area contributed by atoms with Crippen LogP contribution in [0.2, 0.25) is 0 Å². The van der Waals surface area contributed by atoms with Crippen LogP contribution in [0.4, 0.5) is 0 Å². The van der Waals surface area contributed by atoms with Gasteiger partial charge in [0.05, 0.1) is 0 Å². The number of likely N-dealkylation sites (tertiary alicyclic amines) is 1. The second-order valence-corrected chi connectivity index (χ2v) is 3.36. The SMILES string of the molecule is CC(C)N1CCCC1CN. The molecule has 0 amide bonds. The van der Waals surface area contributed by atoms with Gasteiger partial charge in [-0.05, 0) is 33.2 Å². The van der Waals surface area contributed by atoms with Crippen molar-refractivity contribution in [3.8, 4) is 0 Å². The predicted molar refractivity (Wildman–Crippen MR) is 43.9 cm³/mol. The molecule has 1 rings (SSSR count). The molecule has 1 saturated heterocycles. The van der Waals surface area contributed by atoms with Gasteiger partial charge in [-0.25, -0.2) is 0 Å². The van der Waals surface area contributed by atoms with Crippen molar-refractivity contribution in [2.45, 2.75) is 38.8 Å². The minimum atomic E-state index is 0.667. The molecule has 1 heterocycles. The molecule has 0 aromatic rings. The first-order valence-electron chi connectivity index (χ1n) is 4.21. The summed E-state index contributed by atoms with van der Waals surface area (Å²) in [6, 6.07) is 1.34. The largest absolute Gasteiger partial charge is 0.329 e. The van der Waals surface area contributed by atoms with Crippen molar-refractivity contribution < 1.29 is 0 Å². The topological polar surface area (TPSA) is 29.3 Å². The van der Waals surface area contributed by atoms with Gasteiger partial charge in [-0.3, -0.25) is 4.90 Å². The van der Waals surface area contributed by atoms with Crippen LogP contribution in [0.15, 0.2) is 0 Å². The molecular formula is C8H18N2. The predicted octanol–water partition coefficient (Wildman–Crippen LogP) is 0.818. The molecule has 10 heavy (non-hydrogen) atoms. The van der Waals surface area contributed by atoms with Crippen molar-refractivity contribution in [2.75, 3.05) is 13.1 Å². The lowest BCUT2D eigenvalue weighted by Crippen LogP contribution is -2.39. The van der Waals surface area contributed by atoms with E-state index >= 15 is 0 Å². The van der Waals surface area contributed by atoms with E-state index in [1.165, 1.54) is 19.4 Å². The third kappa shape index (κ3) is 1.50.